The maximum Gasteiger partial charge on any atom is 0.244 e. The van der Waals surface area contributed by atoms with Crippen LogP contribution in [0.4, 0.5) is 0 Å². The quantitative estimate of drug-likeness (QED) is 0.0641. The summed E-state index contributed by atoms with van der Waals surface area (Å²) in [4.78, 5) is 0. The lowest BCUT2D eigenvalue weighted by molar-refractivity contribution is -0.697. The topological polar surface area (TPSA) is 8.81 Å². The molecule has 0 spiro atoms. The normalized spacial score (nSPS) is 13.6. The fraction of sp³-hybridized carbons (Fsp3) is 0.643. The Labute approximate surface area is 272 Å². The van der Waals surface area contributed by atoms with Crippen molar-refractivity contribution < 1.29 is 4.57 Å². The zero-order valence-corrected chi connectivity index (χ0v) is 29.0. The molecule has 0 aliphatic rings. The minimum absolute atomic E-state index is 0.0132. The molecule has 0 aliphatic heterocycles. The molecule has 3 rings (SSSR count). The highest BCUT2D eigenvalue weighted by Crippen LogP contribution is 2.41. The third kappa shape index (κ3) is 13.3. The van der Waals surface area contributed by atoms with Crippen molar-refractivity contribution >= 4 is 0 Å². The Morgan fingerprint density at radius 2 is 1.07 bits per heavy atom. The Bertz CT molecular complexity index is 1070. The first kappa shape index (κ1) is 36.1. The van der Waals surface area contributed by atoms with Gasteiger partial charge in [0.2, 0.25) is 6.33 Å². The number of aryl methyl sites for hydroxylation is 1. The lowest BCUT2D eigenvalue weighted by Crippen LogP contribution is -2.38. The fourth-order valence-electron chi connectivity index (χ4n) is 7.21. The van der Waals surface area contributed by atoms with Gasteiger partial charge in [0, 0.05) is 5.41 Å². The molecule has 0 aliphatic carbocycles. The van der Waals surface area contributed by atoms with Crippen molar-refractivity contribution in [3.05, 3.63) is 90.5 Å². The predicted octanol–water partition coefficient (Wildman–Crippen LogP) is 12.4. The van der Waals surface area contributed by atoms with Crippen molar-refractivity contribution in [2.75, 3.05) is 0 Å². The third-order valence-corrected chi connectivity index (χ3v) is 10.0. The predicted molar refractivity (Wildman–Crippen MR) is 191 cm³/mol. The molecule has 2 aromatic carbocycles. The Morgan fingerprint density at radius 1 is 0.591 bits per heavy atom. The second kappa shape index (κ2) is 22.2. The molecule has 1 heterocycles. The molecule has 0 radical (unpaired) electrons. The molecule has 44 heavy (non-hydrogen) atoms. The van der Waals surface area contributed by atoms with E-state index in [0.717, 1.165) is 13.0 Å². The molecule has 244 valence electrons. The smallest absolute Gasteiger partial charge is 0.237 e. The van der Waals surface area contributed by atoms with Crippen molar-refractivity contribution in [1.29, 1.82) is 0 Å². The van der Waals surface area contributed by atoms with Crippen molar-refractivity contribution in [3.63, 3.8) is 0 Å². The fourth-order valence-corrected chi connectivity index (χ4v) is 7.21. The lowest BCUT2D eigenvalue weighted by Gasteiger charge is -2.37. The van der Waals surface area contributed by atoms with Crippen LogP contribution in [0.1, 0.15) is 166 Å². The molecule has 0 bridgehead atoms. The van der Waals surface area contributed by atoms with E-state index in [1.807, 2.05) is 0 Å². The Balaban J connectivity index is 1.52. The van der Waals surface area contributed by atoms with E-state index in [-0.39, 0.29) is 5.41 Å². The summed E-state index contributed by atoms with van der Waals surface area (Å²) in [5.74, 6) is 0. The largest absolute Gasteiger partial charge is 0.244 e. The summed E-state index contributed by atoms with van der Waals surface area (Å²) >= 11 is 0. The van der Waals surface area contributed by atoms with Crippen LogP contribution in [0.3, 0.4) is 0 Å². The Morgan fingerprint density at radius 3 is 1.61 bits per heavy atom. The molecule has 2 heteroatoms. The van der Waals surface area contributed by atoms with E-state index < -0.39 is 0 Å². The monoisotopic (exact) mass is 600 g/mol. The summed E-state index contributed by atoms with van der Waals surface area (Å²) in [6, 6.07) is 22.9. The standard InChI is InChI=1S/C42H67N2/c1-4-6-8-10-11-12-13-14-15-16-17-18-20-28-34-43-35-36-44(38-43)41(33-27-19-9-7-5-2)42(3,40-31-25-22-26-32-40)37-39-29-23-21-24-30-39/h21-26,29-32,35-36,38,41H,4-20,27-28,33-34,37H2,1-3H3/q+1. The summed E-state index contributed by atoms with van der Waals surface area (Å²) < 4.78 is 5.03. The van der Waals surface area contributed by atoms with Crippen LogP contribution >= 0.6 is 0 Å². The highest BCUT2D eigenvalue weighted by atomic mass is 15.1. The first-order valence-corrected chi connectivity index (χ1v) is 18.8. The lowest BCUT2D eigenvalue weighted by atomic mass is 9.70. The molecule has 3 aromatic rings. The number of rotatable bonds is 26. The van der Waals surface area contributed by atoms with Gasteiger partial charge in [0.05, 0.1) is 6.54 Å². The number of hydrogen-bond donors (Lipinski definition) is 0. The van der Waals surface area contributed by atoms with Crippen LogP contribution in [-0.2, 0) is 18.4 Å². The number of benzene rings is 2. The molecule has 0 fully saturated rings. The van der Waals surface area contributed by atoms with Crippen LogP contribution in [0.5, 0.6) is 0 Å². The van der Waals surface area contributed by atoms with Gasteiger partial charge in [-0.2, -0.15) is 0 Å². The van der Waals surface area contributed by atoms with Gasteiger partial charge < -0.3 is 0 Å². The van der Waals surface area contributed by atoms with Crippen LogP contribution in [0, 0.1) is 0 Å². The highest BCUT2D eigenvalue weighted by molar-refractivity contribution is 5.30. The van der Waals surface area contributed by atoms with E-state index in [4.69, 9.17) is 0 Å². The van der Waals surface area contributed by atoms with Gasteiger partial charge in [0.1, 0.15) is 18.4 Å². The second-order valence-corrected chi connectivity index (χ2v) is 13.9. The van der Waals surface area contributed by atoms with Gasteiger partial charge in [0.25, 0.3) is 0 Å². The van der Waals surface area contributed by atoms with Crippen molar-refractivity contribution in [3.8, 4) is 0 Å². The molecule has 0 saturated heterocycles. The average molecular weight is 600 g/mol. The van der Waals surface area contributed by atoms with E-state index in [1.54, 1.807) is 0 Å². The number of unbranched alkanes of at least 4 members (excludes halogenated alkanes) is 17. The van der Waals surface area contributed by atoms with Crippen LogP contribution in [0.15, 0.2) is 79.4 Å². The first-order valence-electron chi connectivity index (χ1n) is 18.8. The number of hydrogen-bond acceptors (Lipinski definition) is 0. The molecular weight excluding hydrogens is 532 g/mol. The van der Waals surface area contributed by atoms with Crippen LogP contribution in [0.2, 0.25) is 0 Å². The van der Waals surface area contributed by atoms with Crippen molar-refractivity contribution in [2.24, 2.45) is 0 Å². The van der Waals surface area contributed by atoms with Gasteiger partial charge in [-0.25, -0.2) is 9.13 Å². The zero-order valence-electron chi connectivity index (χ0n) is 29.0. The van der Waals surface area contributed by atoms with Crippen molar-refractivity contribution in [1.82, 2.24) is 4.57 Å². The summed E-state index contributed by atoms with van der Waals surface area (Å²) in [5, 5.41) is 0. The van der Waals surface area contributed by atoms with Crippen LogP contribution in [-0.4, -0.2) is 4.57 Å². The van der Waals surface area contributed by atoms with E-state index in [9.17, 15) is 0 Å². The molecule has 1 aromatic heterocycles. The minimum atomic E-state index is 0.0132. The van der Waals surface area contributed by atoms with Gasteiger partial charge in [-0.1, -0.05) is 184 Å². The van der Waals surface area contributed by atoms with E-state index in [2.05, 4.69) is 109 Å². The maximum atomic E-state index is 2.57. The number of nitrogens with zero attached hydrogens (tertiary/aromatic N) is 2. The van der Waals surface area contributed by atoms with Gasteiger partial charge in [-0.3, -0.25) is 0 Å². The molecule has 0 saturated carbocycles. The summed E-state index contributed by atoms with van der Waals surface area (Å²) in [7, 11) is 0. The summed E-state index contributed by atoms with van der Waals surface area (Å²) in [6.07, 6.45) is 35.8. The molecule has 0 amide bonds. The average Bonchev–Trinajstić information content (AvgIpc) is 3.52. The van der Waals surface area contributed by atoms with Crippen LogP contribution in [0.25, 0.3) is 0 Å². The third-order valence-electron chi connectivity index (χ3n) is 10.0. The Hall–Kier alpha value is -2.35. The van der Waals surface area contributed by atoms with E-state index in [0.29, 0.717) is 6.04 Å². The maximum absolute atomic E-state index is 2.57. The molecule has 2 atom stereocenters. The van der Waals surface area contributed by atoms with Gasteiger partial charge in [0.15, 0.2) is 0 Å². The molecule has 2 nitrogen and oxygen atoms in total. The van der Waals surface area contributed by atoms with Gasteiger partial charge >= 0.3 is 0 Å². The number of imidazole rings is 1. The molecule has 2 unspecified atom stereocenters. The highest BCUT2D eigenvalue weighted by Gasteiger charge is 2.40. The second-order valence-electron chi connectivity index (χ2n) is 13.9. The van der Waals surface area contributed by atoms with E-state index >= 15 is 0 Å². The molecular formula is C42H67N2+. The minimum Gasteiger partial charge on any atom is -0.237 e. The summed E-state index contributed by atoms with van der Waals surface area (Å²) in [5.41, 5.74) is 2.89. The first-order chi connectivity index (χ1) is 21.7. The van der Waals surface area contributed by atoms with Crippen molar-refractivity contribution in [2.45, 2.75) is 174 Å². The number of aromatic nitrogens is 2. The van der Waals surface area contributed by atoms with Gasteiger partial charge in [-0.05, 0) is 43.2 Å². The van der Waals surface area contributed by atoms with Gasteiger partial charge in [-0.15, -0.1) is 0 Å². The van der Waals surface area contributed by atoms with E-state index in [1.165, 1.54) is 140 Å². The molecule has 0 N–H and O–H groups in total. The SMILES string of the molecule is CCCCCCCCCCCCCCCC[n+]1ccn(C(CCCCCCC)C(C)(Cc2ccccc2)c2ccccc2)c1. The zero-order chi connectivity index (χ0) is 31.1. The van der Waals surface area contributed by atoms with Crippen LogP contribution < -0.4 is 4.57 Å². The Kier molecular flexibility index (Phi) is 18.2. The summed E-state index contributed by atoms with van der Waals surface area (Å²) in [6.45, 7) is 8.27.